The summed E-state index contributed by atoms with van der Waals surface area (Å²) in [6.07, 6.45) is 7.21. The average Bonchev–Trinajstić information content (AvgIpc) is 2.90. The van der Waals surface area contributed by atoms with E-state index in [9.17, 15) is 0 Å². The molecular formula is C24H30BrN3O. The van der Waals surface area contributed by atoms with Gasteiger partial charge in [-0.1, -0.05) is 0 Å². The number of anilines is 1. The maximum Gasteiger partial charge on any atom is 0.262 e. The number of benzene rings is 2. The summed E-state index contributed by atoms with van der Waals surface area (Å²) in [4.78, 5) is 2.14. The molecule has 0 spiro atoms. The second kappa shape index (κ2) is 9.49. The summed E-state index contributed by atoms with van der Waals surface area (Å²) in [7, 11) is 4.16. The summed E-state index contributed by atoms with van der Waals surface area (Å²) >= 11 is 0. The molecule has 5 heteroatoms. The van der Waals surface area contributed by atoms with Crippen molar-refractivity contribution in [1.29, 1.82) is 0 Å². The molecule has 2 aromatic carbocycles. The van der Waals surface area contributed by atoms with Crippen LogP contribution in [0.4, 0.5) is 5.69 Å². The van der Waals surface area contributed by atoms with E-state index in [-0.39, 0.29) is 17.0 Å². The number of hydrogen-bond donors (Lipinski definition) is 0. The molecule has 3 aromatic rings. The SMILES string of the molecule is CCOc1ccc(-n2cc(-c3ccc(N(C)C)cc3)[n+]3c2CCCCC3)cc1.[Br-]. The van der Waals surface area contributed by atoms with Gasteiger partial charge < -0.3 is 26.6 Å². The summed E-state index contributed by atoms with van der Waals surface area (Å²) in [6.45, 7) is 3.80. The van der Waals surface area contributed by atoms with Crippen molar-refractivity contribution in [2.75, 3.05) is 25.6 Å². The number of hydrogen-bond acceptors (Lipinski definition) is 2. The predicted octanol–water partition coefficient (Wildman–Crippen LogP) is 1.63. The van der Waals surface area contributed by atoms with Gasteiger partial charge >= 0.3 is 0 Å². The quantitative estimate of drug-likeness (QED) is 0.545. The molecule has 0 aliphatic carbocycles. The molecule has 0 atom stereocenters. The van der Waals surface area contributed by atoms with E-state index in [4.69, 9.17) is 4.74 Å². The second-order valence-electron chi connectivity index (χ2n) is 7.63. The lowest BCUT2D eigenvalue weighted by Crippen LogP contribution is -3.00. The monoisotopic (exact) mass is 455 g/mol. The molecular weight excluding hydrogens is 426 g/mol. The van der Waals surface area contributed by atoms with Crippen LogP contribution in [0.5, 0.6) is 5.75 Å². The largest absolute Gasteiger partial charge is 1.00 e. The van der Waals surface area contributed by atoms with E-state index in [1.807, 2.05) is 6.92 Å². The van der Waals surface area contributed by atoms with Crippen LogP contribution in [0.15, 0.2) is 54.7 Å². The smallest absolute Gasteiger partial charge is 0.262 e. The van der Waals surface area contributed by atoms with Gasteiger partial charge in [-0.05, 0) is 74.7 Å². The Bertz CT molecular complexity index is 930. The van der Waals surface area contributed by atoms with E-state index >= 15 is 0 Å². The van der Waals surface area contributed by atoms with Crippen molar-refractivity contribution in [1.82, 2.24) is 4.57 Å². The van der Waals surface area contributed by atoms with Crippen LogP contribution >= 0.6 is 0 Å². The van der Waals surface area contributed by atoms with Gasteiger partial charge in [0.2, 0.25) is 0 Å². The van der Waals surface area contributed by atoms with Gasteiger partial charge in [0.15, 0.2) is 5.69 Å². The molecule has 0 radical (unpaired) electrons. The number of aromatic nitrogens is 2. The minimum Gasteiger partial charge on any atom is -1.00 e. The number of rotatable bonds is 5. The fraction of sp³-hybridized carbons (Fsp3) is 0.375. The maximum absolute atomic E-state index is 5.62. The van der Waals surface area contributed by atoms with Crippen molar-refractivity contribution < 1.29 is 26.3 Å². The van der Waals surface area contributed by atoms with Crippen LogP contribution in [0.25, 0.3) is 16.9 Å². The Hall–Kier alpha value is -2.27. The minimum absolute atomic E-state index is 0. The van der Waals surface area contributed by atoms with Crippen LogP contribution in [-0.2, 0) is 13.0 Å². The van der Waals surface area contributed by atoms with Crippen LogP contribution in [0.2, 0.25) is 0 Å². The van der Waals surface area contributed by atoms with Crippen molar-refractivity contribution in [3.8, 4) is 22.7 Å². The van der Waals surface area contributed by atoms with Gasteiger partial charge in [0, 0.05) is 31.8 Å². The molecule has 29 heavy (non-hydrogen) atoms. The Kier molecular flexibility index (Phi) is 7.01. The third-order valence-electron chi connectivity index (χ3n) is 5.52. The third kappa shape index (κ3) is 4.50. The van der Waals surface area contributed by atoms with Crippen LogP contribution < -0.4 is 31.2 Å². The van der Waals surface area contributed by atoms with Gasteiger partial charge in [0.1, 0.15) is 17.6 Å². The standard InChI is InChI=1S/C24H30N3O.BrH/c1-4-28-22-15-13-21(14-16-22)27-18-23(26-17-7-5-6-8-24(26)27)19-9-11-20(12-10-19)25(2)3;/h9-16,18H,4-8,17H2,1-3H3;1H/q+1;/p-1. The third-order valence-corrected chi connectivity index (χ3v) is 5.52. The van der Waals surface area contributed by atoms with Crippen LogP contribution in [0.1, 0.15) is 32.0 Å². The number of nitrogens with zero attached hydrogens (tertiary/aromatic N) is 3. The predicted molar refractivity (Wildman–Crippen MR) is 114 cm³/mol. The minimum atomic E-state index is 0. The van der Waals surface area contributed by atoms with Gasteiger partial charge in [-0.15, -0.1) is 0 Å². The van der Waals surface area contributed by atoms with Gasteiger partial charge in [-0.25, -0.2) is 4.57 Å². The molecule has 4 nitrogen and oxygen atoms in total. The van der Waals surface area contributed by atoms with E-state index in [1.54, 1.807) is 0 Å². The number of ether oxygens (including phenoxy) is 1. The van der Waals surface area contributed by atoms with E-state index in [2.05, 4.69) is 82.9 Å². The Labute approximate surface area is 184 Å². The zero-order chi connectivity index (χ0) is 19.5. The first-order chi connectivity index (χ1) is 13.7. The summed E-state index contributed by atoms with van der Waals surface area (Å²) in [6, 6.07) is 17.3. The topological polar surface area (TPSA) is 21.3 Å². The highest BCUT2D eigenvalue weighted by molar-refractivity contribution is 5.61. The van der Waals surface area contributed by atoms with Crippen LogP contribution in [-0.4, -0.2) is 25.3 Å². The zero-order valence-electron chi connectivity index (χ0n) is 17.6. The molecule has 0 saturated heterocycles. The Morgan fingerprint density at radius 2 is 1.69 bits per heavy atom. The molecule has 0 N–H and O–H groups in total. The summed E-state index contributed by atoms with van der Waals surface area (Å²) in [5, 5.41) is 0. The lowest BCUT2D eigenvalue weighted by atomic mass is 10.1. The summed E-state index contributed by atoms with van der Waals surface area (Å²) in [5.74, 6) is 2.32. The fourth-order valence-electron chi connectivity index (χ4n) is 4.02. The molecule has 0 saturated carbocycles. The Morgan fingerprint density at radius 3 is 2.34 bits per heavy atom. The lowest BCUT2D eigenvalue weighted by Gasteiger charge is -2.12. The highest BCUT2D eigenvalue weighted by Gasteiger charge is 2.26. The van der Waals surface area contributed by atoms with Gasteiger partial charge in [0.25, 0.3) is 5.82 Å². The Balaban J connectivity index is 0.00000240. The second-order valence-corrected chi connectivity index (χ2v) is 7.63. The van der Waals surface area contributed by atoms with Gasteiger partial charge in [-0.2, -0.15) is 4.57 Å². The van der Waals surface area contributed by atoms with Gasteiger partial charge in [0.05, 0.1) is 13.2 Å². The molecule has 0 bridgehead atoms. The summed E-state index contributed by atoms with van der Waals surface area (Å²) in [5.41, 5.74) is 5.01. The molecule has 154 valence electrons. The zero-order valence-corrected chi connectivity index (χ0v) is 19.2. The molecule has 0 fully saturated rings. The molecule has 0 amide bonds. The van der Waals surface area contributed by atoms with Gasteiger partial charge in [-0.3, -0.25) is 0 Å². The van der Waals surface area contributed by atoms with Crippen molar-refractivity contribution in [2.45, 2.75) is 39.2 Å². The van der Waals surface area contributed by atoms with E-state index in [0.29, 0.717) is 6.61 Å². The lowest BCUT2D eigenvalue weighted by molar-refractivity contribution is -0.692. The van der Waals surface area contributed by atoms with Crippen molar-refractivity contribution in [3.63, 3.8) is 0 Å². The van der Waals surface area contributed by atoms with Crippen LogP contribution in [0.3, 0.4) is 0 Å². The number of fused-ring (bicyclic) bond motifs is 1. The first kappa shape index (κ1) is 21.4. The van der Waals surface area contributed by atoms with Crippen LogP contribution in [0, 0.1) is 0 Å². The first-order valence-electron chi connectivity index (χ1n) is 10.3. The molecule has 2 heterocycles. The fourth-order valence-corrected chi connectivity index (χ4v) is 4.02. The molecule has 4 rings (SSSR count). The highest BCUT2D eigenvalue weighted by atomic mass is 79.9. The maximum atomic E-state index is 5.62. The number of halogens is 1. The molecule has 1 aromatic heterocycles. The number of imidazole rings is 1. The van der Waals surface area contributed by atoms with E-state index in [1.165, 1.54) is 47.7 Å². The normalized spacial score (nSPS) is 13.2. The van der Waals surface area contributed by atoms with Crippen molar-refractivity contribution in [2.24, 2.45) is 0 Å². The summed E-state index contributed by atoms with van der Waals surface area (Å²) < 4.78 is 10.5. The van der Waals surface area contributed by atoms with Crippen molar-refractivity contribution >= 4 is 5.69 Å². The molecule has 1 aliphatic rings. The van der Waals surface area contributed by atoms with E-state index in [0.717, 1.165) is 18.7 Å². The molecule has 1 aliphatic heterocycles. The highest BCUT2D eigenvalue weighted by Crippen LogP contribution is 2.26. The average molecular weight is 456 g/mol. The first-order valence-corrected chi connectivity index (χ1v) is 10.3. The van der Waals surface area contributed by atoms with E-state index < -0.39 is 0 Å². The van der Waals surface area contributed by atoms with Crippen molar-refractivity contribution in [3.05, 3.63) is 60.6 Å². The molecule has 0 unspecified atom stereocenters. The Morgan fingerprint density at radius 1 is 0.966 bits per heavy atom.